The Morgan fingerprint density at radius 2 is 1.93 bits per heavy atom. The molecule has 3 N–H and O–H groups in total. The van der Waals surface area contributed by atoms with E-state index >= 15 is 0 Å². The van der Waals surface area contributed by atoms with E-state index in [-0.39, 0.29) is 11.9 Å². The fourth-order valence-corrected chi connectivity index (χ4v) is 2.19. The van der Waals surface area contributed by atoms with Crippen LogP contribution in [0.3, 0.4) is 0 Å². The molecule has 0 spiro atoms. The third kappa shape index (κ3) is 2.03. The smallest absolute Gasteiger partial charge is 0.123 e. The average molecular weight is 208 g/mol. The van der Waals surface area contributed by atoms with Crippen molar-refractivity contribution in [1.29, 1.82) is 0 Å². The maximum atomic E-state index is 12.8. The summed E-state index contributed by atoms with van der Waals surface area (Å²) in [5.74, 6) is 5.91. The zero-order valence-corrected chi connectivity index (χ0v) is 9.13. The molecule has 1 aliphatic carbocycles. The van der Waals surface area contributed by atoms with E-state index in [2.05, 4.69) is 19.3 Å². The van der Waals surface area contributed by atoms with Crippen molar-refractivity contribution in [2.24, 2.45) is 17.2 Å². The van der Waals surface area contributed by atoms with Crippen LogP contribution in [0.2, 0.25) is 0 Å². The first-order chi connectivity index (χ1) is 7.04. The second-order valence-electron chi connectivity index (χ2n) is 5.00. The molecule has 1 aliphatic rings. The van der Waals surface area contributed by atoms with E-state index in [9.17, 15) is 4.39 Å². The Morgan fingerprint density at radius 3 is 2.33 bits per heavy atom. The van der Waals surface area contributed by atoms with Gasteiger partial charge in [-0.15, -0.1) is 0 Å². The number of benzene rings is 1. The van der Waals surface area contributed by atoms with Gasteiger partial charge in [-0.3, -0.25) is 11.3 Å². The van der Waals surface area contributed by atoms with Crippen molar-refractivity contribution in [3.05, 3.63) is 35.6 Å². The number of hydrazine groups is 1. The summed E-state index contributed by atoms with van der Waals surface area (Å²) in [6.07, 6.45) is 1.17. The van der Waals surface area contributed by atoms with E-state index in [0.29, 0.717) is 11.3 Å². The highest BCUT2D eigenvalue weighted by atomic mass is 19.1. The van der Waals surface area contributed by atoms with Gasteiger partial charge in [-0.05, 0) is 35.4 Å². The molecule has 3 heteroatoms. The summed E-state index contributed by atoms with van der Waals surface area (Å²) in [5.41, 5.74) is 4.25. The second kappa shape index (κ2) is 3.58. The zero-order valence-electron chi connectivity index (χ0n) is 9.13. The Balaban J connectivity index is 2.17. The predicted molar refractivity (Wildman–Crippen MR) is 58.4 cm³/mol. The molecular weight excluding hydrogens is 191 g/mol. The predicted octanol–water partition coefficient (Wildman–Crippen LogP) is 2.38. The fourth-order valence-electron chi connectivity index (χ4n) is 2.19. The monoisotopic (exact) mass is 208 g/mol. The lowest BCUT2D eigenvalue weighted by Crippen LogP contribution is -2.30. The van der Waals surface area contributed by atoms with Gasteiger partial charge in [0.15, 0.2) is 0 Å². The minimum atomic E-state index is -0.204. The van der Waals surface area contributed by atoms with Crippen molar-refractivity contribution in [2.45, 2.75) is 26.3 Å². The second-order valence-corrected chi connectivity index (χ2v) is 5.00. The third-order valence-corrected chi connectivity index (χ3v) is 3.40. The van der Waals surface area contributed by atoms with Crippen molar-refractivity contribution in [1.82, 2.24) is 5.43 Å². The number of nitrogens with one attached hydrogen (secondary N) is 1. The lowest BCUT2D eigenvalue weighted by atomic mass is 9.98. The van der Waals surface area contributed by atoms with Crippen LogP contribution in [0.5, 0.6) is 0 Å². The molecule has 1 aromatic carbocycles. The van der Waals surface area contributed by atoms with E-state index in [0.717, 1.165) is 5.56 Å². The van der Waals surface area contributed by atoms with Gasteiger partial charge < -0.3 is 0 Å². The molecule has 1 aromatic rings. The normalized spacial score (nSPS) is 24.9. The van der Waals surface area contributed by atoms with Crippen LogP contribution in [-0.4, -0.2) is 0 Å². The van der Waals surface area contributed by atoms with Gasteiger partial charge in [0.2, 0.25) is 0 Å². The molecule has 15 heavy (non-hydrogen) atoms. The minimum absolute atomic E-state index is 0.139. The molecule has 2 unspecified atom stereocenters. The zero-order chi connectivity index (χ0) is 11.1. The molecule has 0 aliphatic heterocycles. The molecule has 2 atom stereocenters. The Labute approximate surface area is 89.6 Å². The van der Waals surface area contributed by atoms with Crippen molar-refractivity contribution < 1.29 is 4.39 Å². The number of rotatable bonds is 3. The summed E-state index contributed by atoms with van der Waals surface area (Å²) in [5, 5.41) is 0. The fraction of sp³-hybridized carbons (Fsp3) is 0.500. The molecule has 0 heterocycles. The van der Waals surface area contributed by atoms with Gasteiger partial charge in [-0.1, -0.05) is 26.0 Å². The summed E-state index contributed by atoms with van der Waals surface area (Å²) in [4.78, 5) is 0. The summed E-state index contributed by atoms with van der Waals surface area (Å²) in [7, 11) is 0. The van der Waals surface area contributed by atoms with E-state index in [1.165, 1.54) is 18.6 Å². The number of hydrogen-bond acceptors (Lipinski definition) is 2. The molecule has 1 fully saturated rings. The van der Waals surface area contributed by atoms with Gasteiger partial charge >= 0.3 is 0 Å². The first-order valence-electron chi connectivity index (χ1n) is 5.26. The van der Waals surface area contributed by atoms with Gasteiger partial charge in [0.05, 0.1) is 0 Å². The van der Waals surface area contributed by atoms with Crippen LogP contribution < -0.4 is 11.3 Å². The SMILES string of the molecule is CC1(C)CC1C(NN)c1ccc(F)cc1. The highest BCUT2D eigenvalue weighted by Crippen LogP contribution is 2.57. The Bertz CT molecular complexity index is 345. The first-order valence-corrected chi connectivity index (χ1v) is 5.26. The molecule has 2 nitrogen and oxygen atoms in total. The highest BCUT2D eigenvalue weighted by molar-refractivity contribution is 5.23. The number of hydrogen-bond donors (Lipinski definition) is 2. The molecular formula is C12H17FN2. The quantitative estimate of drug-likeness (QED) is 0.591. The van der Waals surface area contributed by atoms with Crippen LogP contribution in [0.25, 0.3) is 0 Å². The number of halogens is 1. The van der Waals surface area contributed by atoms with E-state index < -0.39 is 0 Å². The maximum Gasteiger partial charge on any atom is 0.123 e. The Kier molecular flexibility index (Phi) is 2.52. The van der Waals surface area contributed by atoms with E-state index in [1.54, 1.807) is 12.1 Å². The van der Waals surface area contributed by atoms with Gasteiger partial charge in [0.1, 0.15) is 5.82 Å². The molecule has 2 rings (SSSR count). The summed E-state index contributed by atoms with van der Waals surface area (Å²) in [6, 6.07) is 6.70. The van der Waals surface area contributed by atoms with Crippen molar-refractivity contribution in [3.63, 3.8) is 0 Å². The summed E-state index contributed by atoms with van der Waals surface area (Å²) >= 11 is 0. The van der Waals surface area contributed by atoms with Crippen LogP contribution >= 0.6 is 0 Å². The molecule has 0 amide bonds. The van der Waals surface area contributed by atoms with Crippen LogP contribution in [0, 0.1) is 17.2 Å². The molecule has 0 saturated heterocycles. The molecule has 0 bridgehead atoms. The van der Waals surface area contributed by atoms with Gasteiger partial charge in [0.25, 0.3) is 0 Å². The Morgan fingerprint density at radius 1 is 1.40 bits per heavy atom. The maximum absolute atomic E-state index is 12.8. The van der Waals surface area contributed by atoms with Crippen LogP contribution in [0.1, 0.15) is 31.9 Å². The van der Waals surface area contributed by atoms with Crippen molar-refractivity contribution in [2.75, 3.05) is 0 Å². The molecule has 1 saturated carbocycles. The lowest BCUT2D eigenvalue weighted by molar-refractivity contribution is 0.422. The Hall–Kier alpha value is -0.930. The molecule has 82 valence electrons. The third-order valence-electron chi connectivity index (χ3n) is 3.40. The minimum Gasteiger partial charge on any atom is -0.271 e. The number of nitrogens with two attached hydrogens (primary N) is 1. The largest absolute Gasteiger partial charge is 0.271 e. The molecule has 0 radical (unpaired) electrons. The lowest BCUT2D eigenvalue weighted by Gasteiger charge is -2.18. The molecule has 0 aromatic heterocycles. The first kappa shape index (κ1) is 10.6. The standard InChI is InChI=1S/C12H17FN2/c1-12(2)7-10(12)11(15-14)8-3-5-9(13)6-4-8/h3-6,10-11,15H,7,14H2,1-2H3. The van der Waals surface area contributed by atoms with Crippen LogP contribution in [0.4, 0.5) is 4.39 Å². The summed E-state index contributed by atoms with van der Waals surface area (Å²) in [6.45, 7) is 4.46. The summed E-state index contributed by atoms with van der Waals surface area (Å²) < 4.78 is 12.8. The van der Waals surface area contributed by atoms with Crippen LogP contribution in [0.15, 0.2) is 24.3 Å². The van der Waals surface area contributed by atoms with Gasteiger partial charge in [-0.25, -0.2) is 4.39 Å². The van der Waals surface area contributed by atoms with E-state index in [4.69, 9.17) is 5.84 Å². The van der Waals surface area contributed by atoms with Crippen LogP contribution in [-0.2, 0) is 0 Å². The van der Waals surface area contributed by atoms with Crippen molar-refractivity contribution >= 4 is 0 Å². The van der Waals surface area contributed by atoms with Crippen molar-refractivity contribution in [3.8, 4) is 0 Å². The van der Waals surface area contributed by atoms with Gasteiger partial charge in [-0.2, -0.15) is 0 Å². The topological polar surface area (TPSA) is 38.0 Å². The average Bonchev–Trinajstić information content (AvgIpc) is 2.80. The highest BCUT2D eigenvalue weighted by Gasteiger charge is 2.50. The van der Waals surface area contributed by atoms with Gasteiger partial charge in [0, 0.05) is 6.04 Å². The van der Waals surface area contributed by atoms with E-state index in [1.807, 2.05) is 0 Å².